The number of nitrogens with one attached hydrogen (secondary N) is 2. The van der Waals surface area contributed by atoms with Crippen molar-refractivity contribution in [2.24, 2.45) is 0 Å². The summed E-state index contributed by atoms with van der Waals surface area (Å²) in [6.07, 6.45) is 2.89. The Kier molecular flexibility index (Phi) is 6.03. The molecule has 11 heteroatoms. The maximum atomic E-state index is 12.5. The molecular formula is C22H24N6O5. The van der Waals surface area contributed by atoms with Crippen LogP contribution in [0.3, 0.4) is 0 Å². The number of H-pyrrole nitrogens is 1. The molecule has 0 radical (unpaired) electrons. The number of benzene rings is 1. The molecule has 0 atom stereocenters. The number of aromatic hydroxyl groups is 1. The molecule has 0 aliphatic carbocycles. The smallest absolute Gasteiger partial charge is 0.333 e. The quantitative estimate of drug-likeness (QED) is 0.369. The maximum Gasteiger partial charge on any atom is 0.333 e. The van der Waals surface area contributed by atoms with Gasteiger partial charge in [-0.2, -0.15) is 5.10 Å². The van der Waals surface area contributed by atoms with Crippen molar-refractivity contribution >= 4 is 5.91 Å². The van der Waals surface area contributed by atoms with Crippen molar-refractivity contribution in [1.29, 1.82) is 0 Å². The molecule has 11 nitrogen and oxygen atoms in total. The van der Waals surface area contributed by atoms with Gasteiger partial charge in [-0.25, -0.2) is 9.36 Å². The van der Waals surface area contributed by atoms with Gasteiger partial charge in [-0.1, -0.05) is 17.3 Å². The normalized spacial score (nSPS) is 11.0. The number of aromatic amines is 1. The van der Waals surface area contributed by atoms with Crippen molar-refractivity contribution in [3.05, 3.63) is 75.4 Å². The molecule has 3 aromatic heterocycles. The summed E-state index contributed by atoms with van der Waals surface area (Å²) >= 11 is 0. The van der Waals surface area contributed by atoms with Crippen LogP contribution in [0.2, 0.25) is 0 Å². The van der Waals surface area contributed by atoms with Crippen LogP contribution in [0.5, 0.6) is 11.6 Å². The fraction of sp³-hybridized carbons (Fsp3) is 0.273. The van der Waals surface area contributed by atoms with Crippen LogP contribution in [0, 0.1) is 13.8 Å². The Morgan fingerprint density at radius 2 is 2.15 bits per heavy atom. The van der Waals surface area contributed by atoms with Crippen molar-refractivity contribution in [2.75, 3.05) is 7.11 Å². The van der Waals surface area contributed by atoms with Crippen molar-refractivity contribution in [3.8, 4) is 17.3 Å². The first kappa shape index (κ1) is 21.9. The van der Waals surface area contributed by atoms with Crippen molar-refractivity contribution in [2.45, 2.75) is 33.4 Å². The lowest BCUT2D eigenvalue weighted by atomic mass is 10.2. The summed E-state index contributed by atoms with van der Waals surface area (Å²) in [5, 5.41) is 21.5. The molecule has 4 aromatic rings. The Morgan fingerprint density at radius 1 is 1.33 bits per heavy atom. The fourth-order valence-electron chi connectivity index (χ4n) is 3.49. The van der Waals surface area contributed by atoms with Gasteiger partial charge >= 0.3 is 5.69 Å². The summed E-state index contributed by atoms with van der Waals surface area (Å²) in [4.78, 5) is 27.4. The number of methoxy groups -OCH3 is 1. The summed E-state index contributed by atoms with van der Waals surface area (Å²) < 4.78 is 13.0. The molecule has 0 fully saturated rings. The van der Waals surface area contributed by atoms with Gasteiger partial charge in [-0.3, -0.25) is 9.48 Å². The zero-order valence-corrected chi connectivity index (χ0v) is 18.5. The topological polar surface area (TPSA) is 140 Å². The van der Waals surface area contributed by atoms with Gasteiger partial charge < -0.3 is 24.7 Å². The minimum atomic E-state index is -0.569. The molecule has 3 N–H and O–H groups in total. The standard InChI is InChI=1S/C22H24N6O5/c1-13-18(14(2)33-26-13)12-27-11-16(10-24-27)28-21(30)19(25-22(28)31)8-20(29)23-9-15-5-4-6-17(7-15)32-3/h4-7,10-11,30H,8-9,12H2,1-3H3,(H,23,29)(H,25,31). The van der Waals surface area contributed by atoms with Gasteiger partial charge in [-0.05, 0) is 31.5 Å². The van der Waals surface area contributed by atoms with Gasteiger partial charge in [0, 0.05) is 18.3 Å². The van der Waals surface area contributed by atoms with E-state index in [0.717, 1.165) is 21.4 Å². The molecule has 4 rings (SSSR count). The van der Waals surface area contributed by atoms with Crippen LogP contribution in [0.15, 0.2) is 46.0 Å². The zero-order chi connectivity index (χ0) is 23.5. The van der Waals surface area contributed by atoms with Crippen molar-refractivity contribution < 1.29 is 19.2 Å². The van der Waals surface area contributed by atoms with Crippen LogP contribution < -0.4 is 15.7 Å². The third-order valence-corrected chi connectivity index (χ3v) is 5.28. The summed E-state index contributed by atoms with van der Waals surface area (Å²) in [6.45, 7) is 4.34. The largest absolute Gasteiger partial charge is 0.497 e. The lowest BCUT2D eigenvalue weighted by Gasteiger charge is -2.07. The average Bonchev–Trinajstić information content (AvgIpc) is 3.46. The molecule has 0 spiro atoms. The molecule has 0 aliphatic heterocycles. The van der Waals surface area contributed by atoms with E-state index in [4.69, 9.17) is 9.26 Å². The summed E-state index contributed by atoms with van der Waals surface area (Å²) in [5.74, 6) is 0.688. The van der Waals surface area contributed by atoms with Gasteiger partial charge in [0.05, 0.1) is 43.3 Å². The molecule has 1 aromatic carbocycles. The van der Waals surface area contributed by atoms with Crippen molar-refractivity contribution in [3.63, 3.8) is 0 Å². The van der Waals surface area contributed by atoms with Crippen molar-refractivity contribution in [1.82, 2.24) is 29.8 Å². The minimum absolute atomic E-state index is 0.113. The maximum absolute atomic E-state index is 12.5. The number of imidazole rings is 1. The molecule has 0 bridgehead atoms. The molecule has 0 aliphatic rings. The van der Waals surface area contributed by atoms with Crippen LogP contribution in [-0.2, 0) is 24.3 Å². The molecule has 0 unspecified atom stereocenters. The molecule has 0 saturated carbocycles. The number of amides is 1. The van der Waals surface area contributed by atoms with Crippen LogP contribution in [-0.4, -0.2) is 42.6 Å². The Bertz CT molecular complexity index is 1330. The SMILES string of the molecule is COc1cccc(CNC(=O)Cc2[nH]c(=O)n(-c3cnn(Cc4c(C)noc4C)c3)c2O)c1. The number of carbonyl (C=O) groups excluding carboxylic acids is 1. The highest BCUT2D eigenvalue weighted by atomic mass is 16.5. The number of aromatic nitrogens is 5. The molecule has 172 valence electrons. The fourth-order valence-corrected chi connectivity index (χ4v) is 3.49. The second kappa shape index (κ2) is 9.07. The lowest BCUT2D eigenvalue weighted by Crippen LogP contribution is -2.24. The number of carbonyl (C=O) groups is 1. The Labute approximate surface area is 188 Å². The number of aryl methyl sites for hydroxylation is 2. The van der Waals surface area contributed by atoms with E-state index >= 15 is 0 Å². The second-order valence-corrected chi connectivity index (χ2v) is 7.57. The van der Waals surface area contributed by atoms with Gasteiger partial charge in [0.2, 0.25) is 11.8 Å². The van der Waals surface area contributed by atoms with Crippen LogP contribution in [0.4, 0.5) is 0 Å². The highest BCUT2D eigenvalue weighted by Crippen LogP contribution is 2.20. The third-order valence-electron chi connectivity index (χ3n) is 5.28. The highest BCUT2D eigenvalue weighted by molar-refractivity contribution is 5.78. The molecule has 0 saturated heterocycles. The van der Waals surface area contributed by atoms with E-state index in [1.54, 1.807) is 18.0 Å². The zero-order valence-electron chi connectivity index (χ0n) is 18.5. The van der Waals surface area contributed by atoms with Crippen LogP contribution in [0.25, 0.3) is 5.69 Å². The predicted octanol–water partition coefficient (Wildman–Crippen LogP) is 1.59. The van der Waals surface area contributed by atoms with E-state index in [1.165, 1.54) is 6.20 Å². The first-order valence-electron chi connectivity index (χ1n) is 10.2. The van der Waals surface area contributed by atoms with Gasteiger partial charge in [0.25, 0.3) is 0 Å². The molecule has 1 amide bonds. The lowest BCUT2D eigenvalue weighted by molar-refractivity contribution is -0.120. The first-order chi connectivity index (χ1) is 15.9. The molecule has 3 heterocycles. The van der Waals surface area contributed by atoms with Crippen LogP contribution in [0.1, 0.15) is 28.3 Å². The van der Waals surface area contributed by atoms with E-state index in [9.17, 15) is 14.7 Å². The number of hydrogen-bond acceptors (Lipinski definition) is 7. The number of hydrogen-bond donors (Lipinski definition) is 3. The van der Waals surface area contributed by atoms with Gasteiger partial charge in [-0.15, -0.1) is 0 Å². The highest BCUT2D eigenvalue weighted by Gasteiger charge is 2.19. The summed E-state index contributed by atoms with van der Waals surface area (Å²) in [7, 11) is 1.57. The number of nitrogens with zero attached hydrogens (tertiary/aromatic N) is 4. The first-order valence-corrected chi connectivity index (χ1v) is 10.2. The second-order valence-electron chi connectivity index (χ2n) is 7.57. The van der Waals surface area contributed by atoms with Crippen LogP contribution >= 0.6 is 0 Å². The van der Waals surface area contributed by atoms with E-state index < -0.39 is 5.69 Å². The Morgan fingerprint density at radius 3 is 2.88 bits per heavy atom. The van der Waals surface area contributed by atoms with E-state index in [2.05, 4.69) is 20.6 Å². The Balaban J connectivity index is 1.45. The van der Waals surface area contributed by atoms with Gasteiger partial charge in [0.1, 0.15) is 11.5 Å². The Hall–Kier alpha value is -4.28. The third kappa shape index (κ3) is 4.66. The summed E-state index contributed by atoms with van der Waals surface area (Å²) in [6, 6.07) is 7.32. The van der Waals surface area contributed by atoms with Gasteiger partial charge in [0.15, 0.2) is 0 Å². The number of rotatable bonds is 8. The number of ether oxygens (including phenoxy) is 1. The average molecular weight is 452 g/mol. The van der Waals surface area contributed by atoms with E-state index in [1.807, 2.05) is 38.1 Å². The molecular weight excluding hydrogens is 428 g/mol. The molecule has 33 heavy (non-hydrogen) atoms. The minimum Gasteiger partial charge on any atom is -0.497 e. The monoisotopic (exact) mass is 452 g/mol. The van der Waals surface area contributed by atoms with E-state index in [-0.39, 0.29) is 30.4 Å². The van der Waals surface area contributed by atoms with E-state index in [0.29, 0.717) is 23.7 Å². The predicted molar refractivity (Wildman–Crippen MR) is 117 cm³/mol. The summed E-state index contributed by atoms with van der Waals surface area (Å²) in [5.41, 5.74) is 2.42.